The first-order valence-electron chi connectivity index (χ1n) is 8.19. The Labute approximate surface area is 146 Å². The van der Waals surface area contributed by atoms with Crippen molar-refractivity contribution in [2.24, 2.45) is 0 Å². The third-order valence-corrected chi connectivity index (χ3v) is 4.44. The molecule has 128 valence electrons. The fourth-order valence-corrected chi connectivity index (χ4v) is 2.94. The predicted octanol–water partition coefficient (Wildman–Crippen LogP) is 2.70. The van der Waals surface area contributed by atoms with E-state index in [1.54, 1.807) is 6.92 Å². The van der Waals surface area contributed by atoms with E-state index in [0.717, 1.165) is 31.0 Å². The number of piperazine rings is 1. The third kappa shape index (κ3) is 4.26. The SMILES string of the molecule is Cc1nnc(N2CCN(C(=O)CCCc3ccc(Cl)cc3)CC2)o1. The fraction of sp³-hybridized carbons (Fsp3) is 0.471. The lowest BCUT2D eigenvalue weighted by Gasteiger charge is -2.33. The van der Waals surface area contributed by atoms with Crippen LogP contribution in [0.2, 0.25) is 5.02 Å². The first-order chi connectivity index (χ1) is 11.6. The average Bonchev–Trinajstić information content (AvgIpc) is 3.03. The molecule has 2 heterocycles. The minimum absolute atomic E-state index is 0.213. The van der Waals surface area contributed by atoms with Crippen LogP contribution < -0.4 is 4.90 Å². The minimum atomic E-state index is 0.213. The Morgan fingerprint density at radius 2 is 1.88 bits per heavy atom. The number of hydrogen-bond donors (Lipinski definition) is 0. The van der Waals surface area contributed by atoms with Gasteiger partial charge in [-0.05, 0) is 30.5 Å². The molecule has 0 radical (unpaired) electrons. The van der Waals surface area contributed by atoms with E-state index in [0.29, 0.717) is 31.4 Å². The van der Waals surface area contributed by atoms with Crippen LogP contribution in [-0.2, 0) is 11.2 Å². The third-order valence-electron chi connectivity index (χ3n) is 4.19. The Bertz CT molecular complexity index is 678. The van der Waals surface area contributed by atoms with Crippen LogP contribution in [0.3, 0.4) is 0 Å². The predicted molar refractivity (Wildman–Crippen MR) is 92.2 cm³/mol. The fourth-order valence-electron chi connectivity index (χ4n) is 2.81. The summed E-state index contributed by atoms with van der Waals surface area (Å²) in [7, 11) is 0. The van der Waals surface area contributed by atoms with Gasteiger partial charge in [0.05, 0.1) is 0 Å². The van der Waals surface area contributed by atoms with Crippen LogP contribution in [0.25, 0.3) is 0 Å². The molecular weight excluding hydrogens is 328 g/mol. The van der Waals surface area contributed by atoms with E-state index in [4.69, 9.17) is 16.0 Å². The van der Waals surface area contributed by atoms with Crippen molar-refractivity contribution in [1.82, 2.24) is 15.1 Å². The quantitative estimate of drug-likeness (QED) is 0.831. The average molecular weight is 349 g/mol. The zero-order chi connectivity index (χ0) is 16.9. The summed E-state index contributed by atoms with van der Waals surface area (Å²) in [5.41, 5.74) is 1.21. The number of amides is 1. The van der Waals surface area contributed by atoms with Crippen molar-refractivity contribution >= 4 is 23.5 Å². The zero-order valence-electron chi connectivity index (χ0n) is 13.7. The Kier molecular flexibility index (Phi) is 5.35. The van der Waals surface area contributed by atoms with Crippen molar-refractivity contribution in [1.29, 1.82) is 0 Å². The highest BCUT2D eigenvalue weighted by molar-refractivity contribution is 6.30. The van der Waals surface area contributed by atoms with Crippen LogP contribution in [0.4, 0.5) is 6.01 Å². The second-order valence-corrected chi connectivity index (χ2v) is 6.39. The zero-order valence-corrected chi connectivity index (χ0v) is 14.5. The lowest BCUT2D eigenvalue weighted by molar-refractivity contribution is -0.131. The number of carbonyl (C=O) groups is 1. The number of benzene rings is 1. The van der Waals surface area contributed by atoms with Crippen molar-refractivity contribution in [2.75, 3.05) is 31.1 Å². The number of nitrogens with zero attached hydrogens (tertiary/aromatic N) is 4. The summed E-state index contributed by atoms with van der Waals surface area (Å²) in [4.78, 5) is 16.3. The van der Waals surface area contributed by atoms with E-state index in [2.05, 4.69) is 10.2 Å². The van der Waals surface area contributed by atoms with Gasteiger partial charge in [0.1, 0.15) is 0 Å². The lowest BCUT2D eigenvalue weighted by atomic mass is 10.1. The molecule has 0 aliphatic carbocycles. The first kappa shape index (κ1) is 16.8. The van der Waals surface area contributed by atoms with Gasteiger partial charge >= 0.3 is 6.01 Å². The number of aromatic nitrogens is 2. The van der Waals surface area contributed by atoms with Crippen LogP contribution in [0.5, 0.6) is 0 Å². The number of halogens is 1. The molecule has 0 saturated carbocycles. The van der Waals surface area contributed by atoms with Crippen molar-refractivity contribution in [2.45, 2.75) is 26.2 Å². The molecule has 6 nitrogen and oxygen atoms in total. The summed E-state index contributed by atoms with van der Waals surface area (Å²) in [5.74, 6) is 0.774. The maximum absolute atomic E-state index is 12.3. The summed E-state index contributed by atoms with van der Waals surface area (Å²) in [6.45, 7) is 4.62. The Hall–Kier alpha value is -2.08. The molecule has 1 amide bonds. The molecule has 0 atom stereocenters. The highest BCUT2D eigenvalue weighted by Gasteiger charge is 2.23. The summed E-state index contributed by atoms with van der Waals surface area (Å²) in [6.07, 6.45) is 2.32. The van der Waals surface area contributed by atoms with E-state index >= 15 is 0 Å². The van der Waals surface area contributed by atoms with Crippen molar-refractivity contribution in [3.05, 3.63) is 40.7 Å². The van der Waals surface area contributed by atoms with Crippen molar-refractivity contribution in [3.8, 4) is 0 Å². The Morgan fingerprint density at radius 1 is 1.17 bits per heavy atom. The van der Waals surface area contributed by atoms with Gasteiger partial charge in [0.25, 0.3) is 0 Å². The number of hydrogen-bond acceptors (Lipinski definition) is 5. The number of aryl methyl sites for hydroxylation is 2. The van der Waals surface area contributed by atoms with Crippen LogP contribution in [0.15, 0.2) is 28.7 Å². The van der Waals surface area contributed by atoms with Crippen LogP contribution >= 0.6 is 11.6 Å². The highest BCUT2D eigenvalue weighted by atomic mass is 35.5. The molecule has 0 unspecified atom stereocenters. The van der Waals surface area contributed by atoms with E-state index in [9.17, 15) is 4.79 Å². The Balaban J connectivity index is 1.41. The van der Waals surface area contributed by atoms with E-state index < -0.39 is 0 Å². The molecule has 0 spiro atoms. The second-order valence-electron chi connectivity index (χ2n) is 5.95. The van der Waals surface area contributed by atoms with Gasteiger partial charge in [-0.1, -0.05) is 28.8 Å². The van der Waals surface area contributed by atoms with Gasteiger partial charge in [-0.2, -0.15) is 0 Å². The first-order valence-corrected chi connectivity index (χ1v) is 8.57. The number of carbonyl (C=O) groups excluding carboxylic acids is 1. The summed E-state index contributed by atoms with van der Waals surface area (Å²) < 4.78 is 5.43. The second kappa shape index (κ2) is 7.66. The molecule has 7 heteroatoms. The molecule has 1 aliphatic rings. The van der Waals surface area contributed by atoms with Gasteiger partial charge in [0.15, 0.2) is 0 Å². The highest BCUT2D eigenvalue weighted by Crippen LogP contribution is 2.16. The molecule has 24 heavy (non-hydrogen) atoms. The number of rotatable bonds is 5. The van der Waals surface area contributed by atoms with Gasteiger partial charge in [0.2, 0.25) is 11.8 Å². The molecule has 1 saturated heterocycles. The van der Waals surface area contributed by atoms with Crippen molar-refractivity contribution < 1.29 is 9.21 Å². The molecule has 1 fully saturated rings. The molecule has 0 N–H and O–H groups in total. The van der Waals surface area contributed by atoms with Gasteiger partial charge < -0.3 is 14.2 Å². The van der Waals surface area contributed by atoms with Crippen LogP contribution in [0.1, 0.15) is 24.3 Å². The molecule has 1 aliphatic heterocycles. The largest absolute Gasteiger partial charge is 0.408 e. The monoisotopic (exact) mass is 348 g/mol. The maximum Gasteiger partial charge on any atom is 0.318 e. The number of anilines is 1. The smallest absolute Gasteiger partial charge is 0.318 e. The van der Waals surface area contributed by atoms with Crippen LogP contribution in [0, 0.1) is 6.92 Å². The lowest BCUT2D eigenvalue weighted by Crippen LogP contribution is -2.48. The van der Waals surface area contributed by atoms with Gasteiger partial charge in [-0.25, -0.2) is 0 Å². The molecule has 3 rings (SSSR count). The van der Waals surface area contributed by atoms with Gasteiger partial charge in [-0.3, -0.25) is 4.79 Å². The minimum Gasteiger partial charge on any atom is -0.408 e. The summed E-state index contributed by atoms with van der Waals surface area (Å²) in [6, 6.07) is 8.34. The van der Waals surface area contributed by atoms with E-state index in [1.165, 1.54) is 5.56 Å². The molecule has 2 aromatic rings. The van der Waals surface area contributed by atoms with E-state index in [-0.39, 0.29) is 5.91 Å². The maximum atomic E-state index is 12.3. The molecule has 1 aromatic carbocycles. The van der Waals surface area contributed by atoms with E-state index in [1.807, 2.05) is 34.1 Å². The summed E-state index contributed by atoms with van der Waals surface area (Å²) in [5, 5.41) is 8.61. The topological polar surface area (TPSA) is 62.5 Å². The molecule has 1 aromatic heterocycles. The standard InChI is InChI=1S/C17H21ClN4O2/c1-13-19-20-17(24-13)22-11-9-21(10-12-22)16(23)4-2-3-14-5-7-15(18)8-6-14/h5-8H,2-4,9-12H2,1H3. The van der Waals surface area contributed by atoms with Crippen LogP contribution in [-0.4, -0.2) is 47.2 Å². The van der Waals surface area contributed by atoms with Gasteiger partial charge in [-0.15, -0.1) is 5.10 Å². The molecular formula is C17H21ClN4O2. The normalized spacial score (nSPS) is 14.9. The van der Waals surface area contributed by atoms with Crippen molar-refractivity contribution in [3.63, 3.8) is 0 Å². The summed E-state index contributed by atoms with van der Waals surface area (Å²) >= 11 is 5.88. The molecule has 0 bridgehead atoms. The Morgan fingerprint density at radius 3 is 2.50 bits per heavy atom. The van der Waals surface area contributed by atoms with Gasteiger partial charge in [0, 0.05) is 44.5 Å².